The summed E-state index contributed by atoms with van der Waals surface area (Å²) in [5, 5.41) is 3.57. The van der Waals surface area contributed by atoms with Crippen molar-refractivity contribution in [2.24, 2.45) is 0 Å². The van der Waals surface area contributed by atoms with Crippen LogP contribution in [0.2, 0.25) is 5.02 Å². The standard InChI is InChI=1S/C21H17ClN4O3S2.2H2/c22-17-2-1-3-18-16(17)8-11-26(18)19-9-12-25(20(19)27)14-4-6-15(7-5-14)31(28,29)24-21-23-10-13-30-21;;/h1-8,10-11,13,19H,9,12H2,(H,23,24);2*1H/t19-;;/m0../s1. The first-order valence-electron chi connectivity index (χ1n) is 9.53. The number of halogens is 1. The molecule has 1 atom stereocenters. The summed E-state index contributed by atoms with van der Waals surface area (Å²) in [6.07, 6.45) is 4.08. The fourth-order valence-electron chi connectivity index (χ4n) is 3.85. The topological polar surface area (TPSA) is 84.3 Å². The highest BCUT2D eigenvalue weighted by molar-refractivity contribution is 7.93. The minimum absolute atomic E-state index is 0. The molecule has 1 amide bonds. The molecule has 31 heavy (non-hydrogen) atoms. The van der Waals surface area contributed by atoms with Crippen LogP contribution in [-0.4, -0.2) is 30.4 Å². The van der Waals surface area contributed by atoms with Gasteiger partial charge in [0, 0.05) is 43.3 Å². The van der Waals surface area contributed by atoms with Crippen molar-refractivity contribution >= 4 is 60.6 Å². The lowest BCUT2D eigenvalue weighted by molar-refractivity contribution is -0.119. The van der Waals surface area contributed by atoms with Gasteiger partial charge in [0.1, 0.15) is 6.04 Å². The minimum atomic E-state index is -3.73. The van der Waals surface area contributed by atoms with Gasteiger partial charge in [-0.2, -0.15) is 0 Å². The van der Waals surface area contributed by atoms with E-state index in [1.54, 1.807) is 22.4 Å². The molecule has 0 unspecified atom stereocenters. The van der Waals surface area contributed by atoms with E-state index in [-0.39, 0.29) is 19.7 Å². The number of benzene rings is 2. The van der Waals surface area contributed by atoms with Gasteiger partial charge >= 0.3 is 0 Å². The molecule has 1 fully saturated rings. The number of carbonyl (C=O) groups excluding carboxylic acids is 1. The zero-order chi connectivity index (χ0) is 21.6. The van der Waals surface area contributed by atoms with Crippen LogP contribution in [0.15, 0.2) is 71.2 Å². The van der Waals surface area contributed by atoms with Crippen LogP contribution >= 0.6 is 22.9 Å². The van der Waals surface area contributed by atoms with Crippen LogP contribution in [0, 0.1) is 0 Å². The second-order valence-electron chi connectivity index (χ2n) is 7.13. The Morgan fingerprint density at radius 2 is 1.97 bits per heavy atom. The zero-order valence-corrected chi connectivity index (χ0v) is 18.5. The smallest absolute Gasteiger partial charge is 0.263 e. The summed E-state index contributed by atoms with van der Waals surface area (Å²) < 4.78 is 29.4. The van der Waals surface area contributed by atoms with E-state index in [0.29, 0.717) is 28.8 Å². The van der Waals surface area contributed by atoms with Crippen LogP contribution in [0.4, 0.5) is 10.8 Å². The Kier molecular flexibility index (Phi) is 4.96. The average Bonchev–Trinajstić information content (AvgIpc) is 3.48. The maximum Gasteiger partial charge on any atom is 0.263 e. The molecule has 1 N–H and O–H groups in total. The van der Waals surface area contributed by atoms with Crippen LogP contribution in [0.1, 0.15) is 15.3 Å². The quantitative estimate of drug-likeness (QED) is 0.438. The van der Waals surface area contributed by atoms with Gasteiger partial charge in [-0.1, -0.05) is 17.7 Å². The summed E-state index contributed by atoms with van der Waals surface area (Å²) >= 11 is 7.47. The zero-order valence-electron chi connectivity index (χ0n) is 16.1. The summed E-state index contributed by atoms with van der Waals surface area (Å²) in [7, 11) is -3.73. The van der Waals surface area contributed by atoms with Crippen molar-refractivity contribution in [2.75, 3.05) is 16.2 Å². The number of rotatable bonds is 5. The largest absolute Gasteiger partial charge is 0.335 e. The number of fused-ring (bicyclic) bond motifs is 1. The van der Waals surface area contributed by atoms with Gasteiger partial charge in [-0.25, -0.2) is 13.4 Å². The number of hydrogen-bond acceptors (Lipinski definition) is 5. The van der Waals surface area contributed by atoms with Gasteiger partial charge in [0.25, 0.3) is 10.0 Å². The molecule has 0 spiro atoms. The number of nitrogens with one attached hydrogen (secondary N) is 1. The highest BCUT2D eigenvalue weighted by Gasteiger charge is 2.34. The van der Waals surface area contributed by atoms with E-state index in [0.717, 1.165) is 10.9 Å². The van der Waals surface area contributed by atoms with Crippen LogP contribution in [0.25, 0.3) is 10.9 Å². The van der Waals surface area contributed by atoms with Gasteiger partial charge in [-0.3, -0.25) is 9.52 Å². The molecular weight excluding hydrogens is 456 g/mol. The molecule has 1 aliphatic heterocycles. The Morgan fingerprint density at radius 1 is 1.16 bits per heavy atom. The maximum absolute atomic E-state index is 13.2. The van der Waals surface area contributed by atoms with Gasteiger partial charge in [-0.05, 0) is 48.9 Å². The lowest BCUT2D eigenvalue weighted by Crippen LogP contribution is -2.28. The Balaban J connectivity index is 0.00000153. The first-order chi connectivity index (χ1) is 14.9. The molecular formula is C21H21ClN4O3S2. The van der Waals surface area contributed by atoms with Gasteiger partial charge < -0.3 is 9.47 Å². The van der Waals surface area contributed by atoms with Gasteiger partial charge in [-0.15, -0.1) is 11.3 Å². The predicted molar refractivity (Wildman–Crippen MR) is 127 cm³/mol. The third-order valence-corrected chi connectivity index (χ3v) is 7.84. The van der Waals surface area contributed by atoms with Gasteiger partial charge in [0.2, 0.25) is 5.91 Å². The number of hydrogen-bond donors (Lipinski definition) is 1. The number of anilines is 2. The first-order valence-corrected chi connectivity index (χ1v) is 12.3. The molecule has 0 radical (unpaired) electrons. The van der Waals surface area contributed by atoms with E-state index in [4.69, 9.17) is 11.6 Å². The number of nitrogens with zero attached hydrogens (tertiary/aromatic N) is 3. The van der Waals surface area contributed by atoms with E-state index in [1.807, 2.05) is 35.0 Å². The average molecular weight is 477 g/mol. The molecule has 0 saturated carbocycles. The first kappa shape index (κ1) is 20.0. The molecule has 10 heteroatoms. The Hall–Kier alpha value is -2.88. The van der Waals surface area contributed by atoms with Crippen molar-refractivity contribution in [3.63, 3.8) is 0 Å². The lowest BCUT2D eigenvalue weighted by atomic mass is 10.2. The molecule has 2 aromatic heterocycles. The molecule has 3 heterocycles. The molecule has 7 nitrogen and oxygen atoms in total. The van der Waals surface area contributed by atoms with E-state index in [9.17, 15) is 13.2 Å². The molecule has 4 aromatic rings. The maximum atomic E-state index is 13.2. The normalized spacial score (nSPS) is 16.9. The second-order valence-corrected chi connectivity index (χ2v) is 10.1. The number of carbonyl (C=O) groups is 1. The molecule has 0 aliphatic carbocycles. The SMILES string of the molecule is O=C1[C@@H](n2ccc3c(Cl)cccc32)CCN1c1ccc(S(=O)(=O)Nc2nccs2)cc1.[HH].[HH]. The van der Waals surface area contributed by atoms with E-state index in [2.05, 4.69) is 9.71 Å². The van der Waals surface area contributed by atoms with Gasteiger partial charge in [0.15, 0.2) is 5.13 Å². The molecule has 1 saturated heterocycles. The second kappa shape index (κ2) is 7.67. The molecule has 162 valence electrons. The lowest BCUT2D eigenvalue weighted by Gasteiger charge is -2.18. The Morgan fingerprint density at radius 3 is 2.71 bits per heavy atom. The predicted octanol–water partition coefficient (Wildman–Crippen LogP) is 5.02. The van der Waals surface area contributed by atoms with Crippen molar-refractivity contribution in [1.82, 2.24) is 9.55 Å². The van der Waals surface area contributed by atoms with Gasteiger partial charge in [0.05, 0.1) is 10.4 Å². The summed E-state index contributed by atoms with van der Waals surface area (Å²) in [4.78, 5) is 18.9. The number of aromatic nitrogens is 2. The van der Waals surface area contributed by atoms with Crippen molar-refractivity contribution in [3.8, 4) is 0 Å². The van der Waals surface area contributed by atoms with Crippen LogP contribution in [-0.2, 0) is 14.8 Å². The van der Waals surface area contributed by atoms with E-state index >= 15 is 0 Å². The highest BCUT2D eigenvalue weighted by atomic mass is 35.5. The van der Waals surface area contributed by atoms with Crippen LogP contribution in [0.5, 0.6) is 0 Å². The number of amides is 1. The van der Waals surface area contributed by atoms with Crippen molar-refractivity contribution in [2.45, 2.75) is 17.4 Å². The third kappa shape index (κ3) is 3.58. The molecule has 1 aliphatic rings. The van der Waals surface area contributed by atoms with Crippen LogP contribution < -0.4 is 9.62 Å². The molecule has 5 rings (SSSR count). The van der Waals surface area contributed by atoms with Crippen molar-refractivity contribution < 1.29 is 16.1 Å². The fraction of sp³-hybridized carbons (Fsp3) is 0.143. The van der Waals surface area contributed by atoms with Crippen molar-refractivity contribution in [3.05, 3.63) is 71.3 Å². The fourth-order valence-corrected chi connectivity index (χ4v) is 5.88. The number of sulfonamides is 1. The Bertz CT molecular complexity index is 1380. The third-order valence-electron chi connectivity index (χ3n) is 5.34. The van der Waals surface area contributed by atoms with Crippen LogP contribution in [0.3, 0.4) is 0 Å². The number of thiazole rings is 1. The van der Waals surface area contributed by atoms with Crippen molar-refractivity contribution in [1.29, 1.82) is 0 Å². The molecule has 0 bridgehead atoms. The van der Waals surface area contributed by atoms with E-state index in [1.165, 1.54) is 29.7 Å². The summed E-state index contributed by atoms with van der Waals surface area (Å²) in [6, 6.07) is 13.5. The summed E-state index contributed by atoms with van der Waals surface area (Å²) in [5.41, 5.74) is 1.58. The highest BCUT2D eigenvalue weighted by Crippen LogP contribution is 2.33. The summed E-state index contributed by atoms with van der Waals surface area (Å²) in [5.74, 6) is -0.0333. The summed E-state index contributed by atoms with van der Waals surface area (Å²) in [6.45, 7) is 0.549. The van der Waals surface area contributed by atoms with E-state index < -0.39 is 10.0 Å². The molecule has 2 aromatic carbocycles. The Labute approximate surface area is 190 Å². The minimum Gasteiger partial charge on any atom is -0.335 e. The monoisotopic (exact) mass is 476 g/mol.